The van der Waals surface area contributed by atoms with Gasteiger partial charge in [0, 0.05) is 8.04 Å². The third-order valence-corrected chi connectivity index (χ3v) is 6.34. The van der Waals surface area contributed by atoms with E-state index in [-0.39, 0.29) is 4.83 Å². The molecule has 1 unspecified atom stereocenters. The summed E-state index contributed by atoms with van der Waals surface area (Å²) in [5, 5.41) is 0. The second kappa shape index (κ2) is 6.49. The number of benzene rings is 2. The monoisotopic (exact) mass is 506 g/mol. The predicted octanol–water partition coefficient (Wildman–Crippen LogP) is 6.77. The highest BCUT2D eigenvalue weighted by Gasteiger charge is 2.20. The SMILES string of the molecule is Cc1cc(C)c(C)c(C(Br)c2cc(Br)ccc2I)c1C. The smallest absolute Gasteiger partial charge is 0.0660 e. The van der Waals surface area contributed by atoms with Crippen LogP contribution in [0.15, 0.2) is 28.7 Å². The highest BCUT2D eigenvalue weighted by Crippen LogP contribution is 2.39. The maximum Gasteiger partial charge on any atom is 0.0660 e. The highest BCUT2D eigenvalue weighted by molar-refractivity contribution is 14.1. The molecule has 0 aromatic heterocycles. The Kier molecular flexibility index (Phi) is 5.35. The Balaban J connectivity index is 2.65. The molecule has 0 fully saturated rings. The van der Waals surface area contributed by atoms with Crippen LogP contribution in [-0.4, -0.2) is 0 Å². The first-order chi connectivity index (χ1) is 9.32. The molecule has 0 saturated carbocycles. The molecular formula is C17H17Br2I. The van der Waals surface area contributed by atoms with Crippen molar-refractivity contribution in [2.45, 2.75) is 32.5 Å². The second-order valence-corrected chi connectivity index (χ2v) is 8.20. The molecule has 0 aliphatic carbocycles. The molecule has 0 aliphatic rings. The summed E-state index contributed by atoms with van der Waals surface area (Å²) in [6.07, 6.45) is 0. The lowest BCUT2D eigenvalue weighted by atomic mass is 9.90. The average molecular weight is 508 g/mol. The normalized spacial score (nSPS) is 12.6. The Hall–Kier alpha value is 0.130. The molecule has 3 heteroatoms. The summed E-state index contributed by atoms with van der Waals surface area (Å²) in [6.45, 7) is 8.82. The van der Waals surface area contributed by atoms with Crippen LogP contribution in [0.1, 0.15) is 38.2 Å². The van der Waals surface area contributed by atoms with Crippen LogP contribution in [0.25, 0.3) is 0 Å². The van der Waals surface area contributed by atoms with Gasteiger partial charge < -0.3 is 0 Å². The van der Waals surface area contributed by atoms with Gasteiger partial charge in [0.25, 0.3) is 0 Å². The zero-order valence-electron chi connectivity index (χ0n) is 12.0. The molecule has 0 bridgehead atoms. The Morgan fingerprint density at radius 2 is 1.50 bits per heavy atom. The summed E-state index contributed by atoms with van der Waals surface area (Å²) in [4.78, 5) is 0.227. The van der Waals surface area contributed by atoms with E-state index < -0.39 is 0 Å². The minimum atomic E-state index is 0.227. The summed E-state index contributed by atoms with van der Waals surface area (Å²) in [6, 6.07) is 8.73. The van der Waals surface area contributed by atoms with Gasteiger partial charge in [0.15, 0.2) is 0 Å². The van der Waals surface area contributed by atoms with Gasteiger partial charge in [-0.15, -0.1) is 0 Å². The third kappa shape index (κ3) is 3.14. The van der Waals surface area contributed by atoms with Crippen molar-refractivity contribution in [2.75, 3.05) is 0 Å². The molecule has 0 saturated heterocycles. The summed E-state index contributed by atoms with van der Waals surface area (Å²) in [5.74, 6) is 0. The van der Waals surface area contributed by atoms with Gasteiger partial charge in [0.2, 0.25) is 0 Å². The molecule has 2 aromatic rings. The molecule has 0 aliphatic heterocycles. The maximum absolute atomic E-state index is 3.92. The van der Waals surface area contributed by atoms with Gasteiger partial charge in [-0.05, 0) is 102 Å². The Labute approximate surface area is 151 Å². The van der Waals surface area contributed by atoms with Gasteiger partial charge in [0.05, 0.1) is 4.83 Å². The topological polar surface area (TPSA) is 0 Å². The standard InChI is InChI=1S/C17H17Br2I/c1-9-7-10(2)12(4)16(11(9)3)17(19)14-8-13(18)5-6-15(14)20/h5-8,17H,1-4H3. The van der Waals surface area contributed by atoms with E-state index in [2.05, 4.69) is 106 Å². The van der Waals surface area contributed by atoms with Crippen molar-refractivity contribution in [3.8, 4) is 0 Å². The third-order valence-electron chi connectivity index (χ3n) is 3.91. The number of halogens is 3. The average Bonchev–Trinajstić information content (AvgIpc) is 2.39. The fourth-order valence-electron chi connectivity index (χ4n) is 2.49. The first-order valence-electron chi connectivity index (χ1n) is 6.49. The van der Waals surface area contributed by atoms with Crippen molar-refractivity contribution in [1.82, 2.24) is 0 Å². The summed E-state index contributed by atoms with van der Waals surface area (Å²) >= 11 is 9.91. The molecule has 2 rings (SSSR count). The van der Waals surface area contributed by atoms with E-state index in [1.165, 1.54) is 37.0 Å². The van der Waals surface area contributed by atoms with Crippen LogP contribution in [0.2, 0.25) is 0 Å². The van der Waals surface area contributed by atoms with Crippen LogP contribution in [0, 0.1) is 31.3 Å². The molecule has 1 atom stereocenters. The second-order valence-electron chi connectivity index (χ2n) is 5.20. The largest absolute Gasteiger partial charge is 0.0786 e. The van der Waals surface area contributed by atoms with Crippen molar-refractivity contribution < 1.29 is 0 Å². The van der Waals surface area contributed by atoms with Crippen LogP contribution in [-0.2, 0) is 0 Å². The van der Waals surface area contributed by atoms with Crippen LogP contribution in [0.4, 0.5) is 0 Å². The molecule has 2 aromatic carbocycles. The van der Waals surface area contributed by atoms with Crippen molar-refractivity contribution in [2.24, 2.45) is 0 Å². The molecule has 0 heterocycles. The molecule has 0 amide bonds. The van der Waals surface area contributed by atoms with E-state index in [4.69, 9.17) is 0 Å². The summed E-state index contributed by atoms with van der Waals surface area (Å²) in [5.41, 5.74) is 8.20. The van der Waals surface area contributed by atoms with Crippen molar-refractivity contribution in [3.63, 3.8) is 0 Å². The number of alkyl halides is 1. The lowest BCUT2D eigenvalue weighted by molar-refractivity contribution is 1.07. The number of aryl methyl sites for hydroxylation is 2. The maximum atomic E-state index is 3.92. The fraction of sp³-hybridized carbons (Fsp3) is 0.294. The summed E-state index contributed by atoms with van der Waals surface area (Å²) in [7, 11) is 0. The minimum Gasteiger partial charge on any atom is -0.0786 e. The van der Waals surface area contributed by atoms with Crippen molar-refractivity contribution in [1.29, 1.82) is 0 Å². The first kappa shape index (κ1) is 16.5. The van der Waals surface area contributed by atoms with E-state index in [0.717, 1.165) is 4.47 Å². The fourth-order valence-corrected chi connectivity index (χ4v) is 5.01. The van der Waals surface area contributed by atoms with E-state index in [9.17, 15) is 0 Å². The molecule has 0 radical (unpaired) electrons. The number of rotatable bonds is 2. The zero-order chi connectivity index (χ0) is 15.0. The summed E-state index contributed by atoms with van der Waals surface area (Å²) < 4.78 is 2.41. The van der Waals surface area contributed by atoms with Crippen LogP contribution < -0.4 is 0 Å². The zero-order valence-corrected chi connectivity index (χ0v) is 17.4. The lowest BCUT2D eigenvalue weighted by Gasteiger charge is -2.21. The Bertz CT molecular complexity index is 636. The first-order valence-corrected chi connectivity index (χ1v) is 9.28. The minimum absolute atomic E-state index is 0.227. The predicted molar refractivity (Wildman–Crippen MR) is 103 cm³/mol. The van der Waals surface area contributed by atoms with Gasteiger partial charge >= 0.3 is 0 Å². The lowest BCUT2D eigenvalue weighted by Crippen LogP contribution is -2.04. The van der Waals surface area contributed by atoms with Gasteiger partial charge in [-0.1, -0.05) is 37.9 Å². The number of hydrogen-bond acceptors (Lipinski definition) is 0. The molecule has 0 nitrogen and oxygen atoms in total. The van der Waals surface area contributed by atoms with Crippen LogP contribution >= 0.6 is 54.5 Å². The van der Waals surface area contributed by atoms with Crippen molar-refractivity contribution in [3.05, 3.63) is 65.7 Å². The van der Waals surface area contributed by atoms with Gasteiger partial charge in [0.1, 0.15) is 0 Å². The molecule has 0 N–H and O–H groups in total. The van der Waals surface area contributed by atoms with E-state index in [1.807, 2.05) is 0 Å². The van der Waals surface area contributed by atoms with Gasteiger partial charge in [-0.3, -0.25) is 0 Å². The Morgan fingerprint density at radius 3 is 2.05 bits per heavy atom. The molecule has 106 valence electrons. The molecule has 0 spiro atoms. The molecular weight excluding hydrogens is 491 g/mol. The van der Waals surface area contributed by atoms with Crippen molar-refractivity contribution >= 4 is 54.5 Å². The van der Waals surface area contributed by atoms with Gasteiger partial charge in [-0.2, -0.15) is 0 Å². The van der Waals surface area contributed by atoms with Crippen LogP contribution in [0.5, 0.6) is 0 Å². The van der Waals surface area contributed by atoms with E-state index >= 15 is 0 Å². The number of hydrogen-bond donors (Lipinski definition) is 0. The Morgan fingerprint density at radius 1 is 0.950 bits per heavy atom. The van der Waals surface area contributed by atoms with E-state index in [1.54, 1.807) is 0 Å². The van der Waals surface area contributed by atoms with Crippen LogP contribution in [0.3, 0.4) is 0 Å². The highest BCUT2D eigenvalue weighted by atomic mass is 127. The van der Waals surface area contributed by atoms with E-state index in [0.29, 0.717) is 0 Å². The molecule has 20 heavy (non-hydrogen) atoms. The quantitative estimate of drug-likeness (QED) is 0.311. The van der Waals surface area contributed by atoms with Gasteiger partial charge in [-0.25, -0.2) is 0 Å².